The Hall–Kier alpha value is -1.52. The van der Waals surface area contributed by atoms with Crippen molar-refractivity contribution < 1.29 is 20.1 Å². The average molecular weight is 342 g/mol. The summed E-state index contributed by atoms with van der Waals surface area (Å²) >= 11 is 0. The Balaban J connectivity index is 2.42. The first-order chi connectivity index (χ1) is 10.6. The van der Waals surface area contributed by atoms with Crippen molar-refractivity contribution in [2.75, 3.05) is 6.61 Å². The third-order valence-corrected chi connectivity index (χ3v) is 4.72. The zero-order chi connectivity index (χ0) is 17.4. The van der Waals surface area contributed by atoms with Crippen LogP contribution in [0.4, 0.5) is 0 Å². The number of aromatic amines is 1. The second kappa shape index (κ2) is 6.54. The Bertz CT molecular complexity index is 704. The number of aliphatic hydroxyl groups excluding tert-OH is 3. The van der Waals surface area contributed by atoms with Crippen LogP contribution >= 0.6 is 0 Å². The molecule has 23 heavy (non-hydrogen) atoms. The van der Waals surface area contributed by atoms with E-state index in [1.807, 2.05) is 5.70 Å². The van der Waals surface area contributed by atoms with E-state index in [0.29, 0.717) is 0 Å². The number of rotatable bonds is 4. The maximum atomic E-state index is 12.0. The Morgan fingerprint density at radius 1 is 1.30 bits per heavy atom. The normalized spacial score (nSPS) is 28.6. The minimum absolute atomic E-state index is 0.254. The molecule has 0 aromatic carbocycles. The van der Waals surface area contributed by atoms with Gasteiger partial charge in [-0.25, -0.2) is 4.79 Å². The van der Waals surface area contributed by atoms with Crippen LogP contribution in [-0.2, 0) is 4.74 Å². The van der Waals surface area contributed by atoms with Crippen molar-refractivity contribution in [3.8, 4) is 0 Å². The first kappa shape index (κ1) is 17.8. The summed E-state index contributed by atoms with van der Waals surface area (Å²) < 4.78 is 6.34. The molecule has 0 saturated carbocycles. The van der Waals surface area contributed by atoms with Gasteiger partial charge in [-0.2, -0.15) is 0 Å². The molecule has 0 spiro atoms. The van der Waals surface area contributed by atoms with Crippen molar-refractivity contribution >= 4 is 14.1 Å². The van der Waals surface area contributed by atoms with Crippen molar-refractivity contribution in [2.45, 2.75) is 44.2 Å². The van der Waals surface area contributed by atoms with E-state index in [-0.39, 0.29) is 5.56 Å². The molecular weight excluding hydrogens is 320 g/mol. The Kier molecular flexibility index (Phi) is 5.06. The third-order valence-electron chi connectivity index (χ3n) is 3.55. The first-order valence-electron chi connectivity index (χ1n) is 7.31. The van der Waals surface area contributed by atoms with Gasteiger partial charge in [-0.05, 0) is 0 Å². The molecule has 2 rings (SSSR count). The van der Waals surface area contributed by atoms with Crippen molar-refractivity contribution in [1.82, 2.24) is 9.55 Å². The lowest BCUT2D eigenvalue weighted by atomic mass is 10.1. The summed E-state index contributed by atoms with van der Waals surface area (Å²) in [6.07, 6.45) is -1.94. The number of aliphatic hydroxyl groups is 3. The molecule has 128 valence electrons. The van der Waals surface area contributed by atoms with Gasteiger partial charge in [0.05, 0.1) is 20.2 Å². The van der Waals surface area contributed by atoms with E-state index in [4.69, 9.17) is 9.84 Å². The van der Waals surface area contributed by atoms with Gasteiger partial charge in [0, 0.05) is 6.20 Å². The van der Waals surface area contributed by atoms with Crippen LogP contribution in [0, 0.1) is 0 Å². The summed E-state index contributed by atoms with van der Waals surface area (Å²) in [7, 11) is -1.54. The highest BCUT2D eigenvalue weighted by molar-refractivity contribution is 6.81. The van der Waals surface area contributed by atoms with E-state index in [1.165, 1.54) is 6.20 Å². The van der Waals surface area contributed by atoms with Crippen LogP contribution in [0.1, 0.15) is 11.8 Å². The number of aromatic nitrogens is 2. The van der Waals surface area contributed by atoms with Crippen molar-refractivity contribution in [3.05, 3.63) is 38.3 Å². The van der Waals surface area contributed by atoms with Gasteiger partial charge in [0.1, 0.15) is 18.3 Å². The summed E-state index contributed by atoms with van der Waals surface area (Å²) in [6, 6.07) is 0. The fraction of sp³-hybridized carbons (Fsp3) is 0.571. The molecule has 1 aromatic rings. The van der Waals surface area contributed by atoms with E-state index in [9.17, 15) is 19.8 Å². The Morgan fingerprint density at radius 3 is 2.48 bits per heavy atom. The Morgan fingerprint density at radius 2 is 1.96 bits per heavy atom. The molecule has 2 heterocycles. The number of H-pyrrole nitrogens is 1. The highest BCUT2D eigenvalue weighted by atomic mass is 28.3. The first-order valence-corrected chi connectivity index (χ1v) is 10.9. The maximum Gasteiger partial charge on any atom is 0.330 e. The second-order valence-corrected chi connectivity index (χ2v) is 11.7. The standard InChI is InChI=1S/C14H22N2O6Si/c1-23(2,3)5-4-8-6-16(14(21)15-12(8)20)13-11(19)10(18)9(7-17)22-13/h4-6,9-11,13,17-19H,7H2,1-3H3,(H,15,20,21)/b5-4+/t9-,10-,11+,13-/m1/s1. The molecule has 4 atom stereocenters. The predicted octanol–water partition coefficient (Wildman–Crippen LogP) is -0.961. The highest BCUT2D eigenvalue weighted by Crippen LogP contribution is 2.28. The van der Waals surface area contributed by atoms with Crippen molar-refractivity contribution in [3.63, 3.8) is 0 Å². The molecule has 1 aliphatic rings. The van der Waals surface area contributed by atoms with Gasteiger partial charge in [-0.3, -0.25) is 14.3 Å². The minimum Gasteiger partial charge on any atom is -0.394 e. The van der Waals surface area contributed by atoms with Gasteiger partial charge in [0.15, 0.2) is 6.23 Å². The fourth-order valence-electron chi connectivity index (χ4n) is 2.26. The SMILES string of the molecule is C[Si](C)(C)/C=C/c1cn([C@@H]2O[C@H](CO)[C@@H](O)[C@@H]2O)c(=O)[nH]c1=O. The number of hydrogen-bond acceptors (Lipinski definition) is 6. The summed E-state index contributed by atoms with van der Waals surface area (Å²) in [5.41, 5.74) is 0.913. The topological polar surface area (TPSA) is 125 Å². The third kappa shape index (κ3) is 3.87. The monoisotopic (exact) mass is 342 g/mol. The number of nitrogens with one attached hydrogen (secondary N) is 1. The van der Waals surface area contributed by atoms with Crippen LogP contribution in [0.3, 0.4) is 0 Å². The van der Waals surface area contributed by atoms with E-state index < -0.39 is 50.5 Å². The van der Waals surface area contributed by atoms with Gasteiger partial charge in [-0.15, -0.1) is 0 Å². The van der Waals surface area contributed by atoms with Crippen LogP contribution in [-0.4, -0.2) is 57.9 Å². The molecule has 0 radical (unpaired) electrons. The largest absolute Gasteiger partial charge is 0.394 e. The molecule has 0 amide bonds. The van der Waals surface area contributed by atoms with E-state index >= 15 is 0 Å². The molecule has 0 aliphatic carbocycles. The molecule has 1 saturated heterocycles. The van der Waals surface area contributed by atoms with Crippen LogP contribution in [0.25, 0.3) is 6.08 Å². The van der Waals surface area contributed by atoms with Crippen LogP contribution in [0.5, 0.6) is 0 Å². The summed E-state index contributed by atoms with van der Waals surface area (Å²) in [5, 5.41) is 28.9. The predicted molar refractivity (Wildman–Crippen MR) is 86.7 cm³/mol. The molecule has 8 nitrogen and oxygen atoms in total. The van der Waals surface area contributed by atoms with E-state index in [1.54, 1.807) is 6.08 Å². The second-order valence-electron chi connectivity index (χ2n) is 6.68. The molecule has 1 aliphatic heterocycles. The van der Waals surface area contributed by atoms with Gasteiger partial charge in [-0.1, -0.05) is 31.4 Å². The fourth-order valence-corrected chi connectivity index (χ4v) is 2.94. The lowest BCUT2D eigenvalue weighted by molar-refractivity contribution is -0.0550. The van der Waals surface area contributed by atoms with Crippen LogP contribution in [0.2, 0.25) is 19.6 Å². The van der Waals surface area contributed by atoms with E-state index in [0.717, 1.165) is 4.57 Å². The molecule has 9 heteroatoms. The van der Waals surface area contributed by atoms with Crippen LogP contribution in [0.15, 0.2) is 21.5 Å². The Labute approximate surface area is 133 Å². The molecule has 1 aromatic heterocycles. The molecule has 0 unspecified atom stereocenters. The van der Waals surface area contributed by atoms with Crippen molar-refractivity contribution in [1.29, 1.82) is 0 Å². The van der Waals surface area contributed by atoms with E-state index in [2.05, 4.69) is 24.6 Å². The molecule has 0 bridgehead atoms. The van der Waals surface area contributed by atoms with Gasteiger partial charge >= 0.3 is 5.69 Å². The smallest absolute Gasteiger partial charge is 0.330 e. The zero-order valence-corrected chi connectivity index (χ0v) is 14.3. The van der Waals surface area contributed by atoms with Gasteiger partial charge in [0.2, 0.25) is 0 Å². The minimum atomic E-state index is -1.54. The van der Waals surface area contributed by atoms with Crippen molar-refractivity contribution in [2.24, 2.45) is 0 Å². The average Bonchev–Trinajstić information content (AvgIpc) is 2.73. The lowest BCUT2D eigenvalue weighted by Gasteiger charge is -2.17. The summed E-state index contributed by atoms with van der Waals surface area (Å²) in [5.74, 6) is 0. The molecule has 1 fully saturated rings. The number of hydrogen-bond donors (Lipinski definition) is 4. The maximum absolute atomic E-state index is 12.0. The number of nitrogens with zero attached hydrogens (tertiary/aromatic N) is 1. The van der Waals surface area contributed by atoms with Gasteiger partial charge < -0.3 is 20.1 Å². The number of ether oxygens (including phenoxy) is 1. The zero-order valence-electron chi connectivity index (χ0n) is 13.3. The molecule has 4 N–H and O–H groups in total. The van der Waals surface area contributed by atoms with Gasteiger partial charge in [0.25, 0.3) is 5.56 Å². The van der Waals surface area contributed by atoms with Crippen LogP contribution < -0.4 is 11.2 Å². The summed E-state index contributed by atoms with van der Waals surface area (Å²) in [4.78, 5) is 26.0. The lowest BCUT2D eigenvalue weighted by Crippen LogP contribution is -2.38. The quantitative estimate of drug-likeness (QED) is 0.522. The highest BCUT2D eigenvalue weighted by Gasteiger charge is 2.43. The summed E-state index contributed by atoms with van der Waals surface area (Å²) in [6.45, 7) is 5.80. The molecular formula is C14H22N2O6Si.